The van der Waals surface area contributed by atoms with Gasteiger partial charge in [-0.2, -0.15) is 5.10 Å². The van der Waals surface area contributed by atoms with Gasteiger partial charge in [-0.3, -0.25) is 24.9 Å². The standard InChI is InChI=1S/C17H21N5O3/c1-12(13-5-3-6-14(9-13)22(24)25)19-16-7-4-8-21(17(16)23)15-10-18-20(2)11-15/h3,5-6,9-12,16,19H,4,7-8H2,1-2H3. The molecule has 2 heterocycles. The minimum atomic E-state index is -0.411. The van der Waals surface area contributed by atoms with Crippen LogP contribution in [0.2, 0.25) is 0 Å². The topological polar surface area (TPSA) is 93.3 Å². The van der Waals surface area contributed by atoms with Gasteiger partial charge < -0.3 is 4.90 Å². The van der Waals surface area contributed by atoms with Crippen LogP contribution >= 0.6 is 0 Å². The number of carbonyl (C=O) groups excluding carboxylic acids is 1. The van der Waals surface area contributed by atoms with E-state index < -0.39 is 4.92 Å². The van der Waals surface area contributed by atoms with Crippen molar-refractivity contribution in [1.29, 1.82) is 0 Å². The van der Waals surface area contributed by atoms with Crippen LogP contribution in [0.4, 0.5) is 11.4 Å². The molecule has 0 spiro atoms. The second kappa shape index (κ2) is 7.02. The lowest BCUT2D eigenvalue weighted by Crippen LogP contribution is -2.51. The van der Waals surface area contributed by atoms with E-state index in [1.165, 1.54) is 6.07 Å². The molecule has 2 aromatic rings. The van der Waals surface area contributed by atoms with E-state index in [4.69, 9.17) is 0 Å². The Balaban J connectivity index is 1.72. The molecule has 1 amide bonds. The molecule has 132 valence electrons. The highest BCUT2D eigenvalue weighted by Crippen LogP contribution is 2.24. The fourth-order valence-electron chi connectivity index (χ4n) is 3.14. The molecule has 0 saturated carbocycles. The molecule has 0 radical (unpaired) electrons. The van der Waals surface area contributed by atoms with Crippen LogP contribution in [-0.4, -0.2) is 33.2 Å². The van der Waals surface area contributed by atoms with E-state index in [2.05, 4.69) is 10.4 Å². The summed E-state index contributed by atoms with van der Waals surface area (Å²) in [6, 6.07) is 6.02. The van der Waals surface area contributed by atoms with Gasteiger partial charge in [0, 0.05) is 38.0 Å². The number of hydrogen-bond donors (Lipinski definition) is 1. The highest BCUT2D eigenvalue weighted by molar-refractivity contribution is 5.97. The third-order valence-corrected chi connectivity index (χ3v) is 4.47. The first-order valence-electron chi connectivity index (χ1n) is 8.26. The van der Waals surface area contributed by atoms with Crippen LogP contribution in [-0.2, 0) is 11.8 Å². The molecule has 2 unspecified atom stereocenters. The fraction of sp³-hybridized carbons (Fsp3) is 0.412. The van der Waals surface area contributed by atoms with Crippen molar-refractivity contribution >= 4 is 17.3 Å². The lowest BCUT2D eigenvalue weighted by molar-refractivity contribution is -0.384. The van der Waals surface area contributed by atoms with Gasteiger partial charge in [-0.15, -0.1) is 0 Å². The Hall–Kier alpha value is -2.74. The largest absolute Gasteiger partial charge is 0.308 e. The van der Waals surface area contributed by atoms with Gasteiger partial charge in [0.05, 0.1) is 22.8 Å². The number of non-ortho nitro benzene ring substituents is 1. The maximum absolute atomic E-state index is 12.8. The number of anilines is 1. The van der Waals surface area contributed by atoms with E-state index in [1.807, 2.05) is 26.2 Å². The number of amides is 1. The lowest BCUT2D eigenvalue weighted by atomic mass is 10.0. The van der Waals surface area contributed by atoms with Crippen molar-refractivity contribution in [3.63, 3.8) is 0 Å². The summed E-state index contributed by atoms with van der Waals surface area (Å²) in [5.41, 5.74) is 1.64. The van der Waals surface area contributed by atoms with E-state index in [9.17, 15) is 14.9 Å². The van der Waals surface area contributed by atoms with Crippen LogP contribution < -0.4 is 10.2 Å². The van der Waals surface area contributed by atoms with Crippen LogP contribution in [0.5, 0.6) is 0 Å². The summed E-state index contributed by atoms with van der Waals surface area (Å²) in [5.74, 6) is 0.0107. The Morgan fingerprint density at radius 3 is 2.92 bits per heavy atom. The zero-order valence-corrected chi connectivity index (χ0v) is 14.3. The normalized spacial score (nSPS) is 19.0. The van der Waals surface area contributed by atoms with Gasteiger partial charge in [0.15, 0.2) is 0 Å². The second-order valence-corrected chi connectivity index (χ2v) is 6.30. The third-order valence-electron chi connectivity index (χ3n) is 4.47. The number of nitrogens with zero attached hydrogens (tertiary/aromatic N) is 4. The quantitative estimate of drug-likeness (QED) is 0.663. The van der Waals surface area contributed by atoms with Gasteiger partial charge >= 0.3 is 0 Å². The van der Waals surface area contributed by atoms with Gasteiger partial charge in [0.1, 0.15) is 0 Å². The molecule has 0 bridgehead atoms. The number of aryl methyl sites for hydroxylation is 1. The van der Waals surface area contributed by atoms with Gasteiger partial charge in [-0.05, 0) is 25.3 Å². The Labute approximate surface area is 145 Å². The predicted molar refractivity (Wildman–Crippen MR) is 93.2 cm³/mol. The summed E-state index contributed by atoms with van der Waals surface area (Å²) >= 11 is 0. The van der Waals surface area contributed by atoms with Gasteiger partial charge in [-0.1, -0.05) is 12.1 Å². The van der Waals surface area contributed by atoms with Crippen molar-refractivity contribution < 1.29 is 9.72 Å². The van der Waals surface area contributed by atoms with Crippen LogP contribution in [0.15, 0.2) is 36.7 Å². The summed E-state index contributed by atoms with van der Waals surface area (Å²) < 4.78 is 1.67. The van der Waals surface area contributed by atoms with E-state index >= 15 is 0 Å². The molecule has 0 aliphatic carbocycles. The van der Waals surface area contributed by atoms with Crippen LogP contribution in [0.3, 0.4) is 0 Å². The number of piperidine rings is 1. The maximum Gasteiger partial charge on any atom is 0.269 e. The first kappa shape index (κ1) is 17.1. The monoisotopic (exact) mass is 343 g/mol. The second-order valence-electron chi connectivity index (χ2n) is 6.30. The van der Waals surface area contributed by atoms with Crippen molar-refractivity contribution in [2.24, 2.45) is 7.05 Å². The third kappa shape index (κ3) is 3.69. The van der Waals surface area contributed by atoms with Crippen molar-refractivity contribution in [3.8, 4) is 0 Å². The minimum absolute atomic E-state index is 0.0107. The van der Waals surface area contributed by atoms with E-state index in [-0.39, 0.29) is 23.7 Å². The summed E-state index contributed by atoms with van der Waals surface area (Å²) in [4.78, 5) is 25.1. The van der Waals surface area contributed by atoms with Gasteiger partial charge in [-0.25, -0.2) is 0 Å². The molecule has 1 N–H and O–H groups in total. The molecule has 25 heavy (non-hydrogen) atoms. The van der Waals surface area contributed by atoms with E-state index in [1.54, 1.807) is 27.9 Å². The summed E-state index contributed by atoms with van der Waals surface area (Å²) in [5, 5.41) is 18.4. The van der Waals surface area contributed by atoms with Crippen molar-refractivity contribution in [1.82, 2.24) is 15.1 Å². The Morgan fingerprint density at radius 1 is 1.44 bits per heavy atom. The van der Waals surface area contributed by atoms with Gasteiger partial charge in [0.2, 0.25) is 5.91 Å². The first-order valence-corrected chi connectivity index (χ1v) is 8.26. The molecular weight excluding hydrogens is 322 g/mol. The molecule has 1 aromatic heterocycles. The Morgan fingerprint density at radius 2 is 2.24 bits per heavy atom. The minimum Gasteiger partial charge on any atom is -0.308 e. The molecule has 1 fully saturated rings. The SMILES string of the molecule is CC(NC1CCCN(c2cnn(C)c2)C1=O)c1cccc([N+](=O)[O-])c1. The number of benzene rings is 1. The molecule has 1 saturated heterocycles. The zero-order chi connectivity index (χ0) is 18.0. The summed E-state index contributed by atoms with van der Waals surface area (Å²) in [6.07, 6.45) is 5.14. The van der Waals surface area contributed by atoms with Crippen molar-refractivity contribution in [2.45, 2.75) is 31.8 Å². The number of carbonyl (C=O) groups is 1. The average molecular weight is 343 g/mol. The van der Waals surface area contributed by atoms with Crippen molar-refractivity contribution in [3.05, 3.63) is 52.3 Å². The van der Waals surface area contributed by atoms with Crippen LogP contribution in [0, 0.1) is 10.1 Å². The van der Waals surface area contributed by atoms with Crippen LogP contribution in [0.1, 0.15) is 31.4 Å². The molecule has 1 aromatic carbocycles. The average Bonchev–Trinajstić information content (AvgIpc) is 3.03. The molecule has 8 heteroatoms. The highest BCUT2D eigenvalue weighted by atomic mass is 16.6. The van der Waals surface area contributed by atoms with Crippen molar-refractivity contribution in [2.75, 3.05) is 11.4 Å². The van der Waals surface area contributed by atoms with Crippen LogP contribution in [0.25, 0.3) is 0 Å². The highest BCUT2D eigenvalue weighted by Gasteiger charge is 2.31. The van der Waals surface area contributed by atoms with E-state index in [0.717, 1.165) is 24.1 Å². The molecule has 1 aliphatic rings. The predicted octanol–water partition coefficient (Wildman–Crippen LogP) is 2.17. The van der Waals surface area contributed by atoms with E-state index in [0.29, 0.717) is 6.54 Å². The Kier molecular flexibility index (Phi) is 4.80. The molecule has 3 rings (SSSR count). The molecule has 1 aliphatic heterocycles. The number of rotatable bonds is 5. The lowest BCUT2D eigenvalue weighted by Gasteiger charge is -2.33. The first-order chi connectivity index (χ1) is 12.0. The number of hydrogen-bond acceptors (Lipinski definition) is 5. The number of aromatic nitrogens is 2. The number of nitro groups is 1. The zero-order valence-electron chi connectivity index (χ0n) is 14.3. The number of nitro benzene ring substituents is 1. The van der Waals surface area contributed by atoms with Gasteiger partial charge in [0.25, 0.3) is 5.69 Å². The Bertz CT molecular complexity index is 788. The smallest absolute Gasteiger partial charge is 0.269 e. The summed E-state index contributed by atoms with van der Waals surface area (Å²) in [7, 11) is 1.82. The molecular formula is C17H21N5O3. The fourth-order valence-corrected chi connectivity index (χ4v) is 3.14. The number of nitrogens with one attached hydrogen (secondary N) is 1. The molecule has 8 nitrogen and oxygen atoms in total. The summed E-state index contributed by atoms with van der Waals surface area (Å²) in [6.45, 7) is 2.59. The molecule has 2 atom stereocenters. The maximum atomic E-state index is 12.8.